The summed E-state index contributed by atoms with van der Waals surface area (Å²) in [5.74, 6) is -0.990. The Morgan fingerprint density at radius 1 is 1.65 bits per heavy atom. The first-order valence-corrected chi connectivity index (χ1v) is 4.75. The van der Waals surface area contributed by atoms with E-state index < -0.39 is 16.6 Å². The van der Waals surface area contributed by atoms with Gasteiger partial charge in [-0.05, 0) is 22.0 Å². The van der Waals surface area contributed by atoms with Crippen molar-refractivity contribution in [2.75, 3.05) is 19.8 Å². The second-order valence-electron chi connectivity index (χ2n) is 2.94. The first-order valence-electron chi connectivity index (χ1n) is 4.75. The van der Waals surface area contributed by atoms with Crippen LogP contribution in [-0.4, -0.2) is 40.7 Å². The van der Waals surface area contributed by atoms with Crippen LogP contribution >= 0.6 is 0 Å². The fraction of sp³-hybridized carbons (Fsp3) is 0.333. The van der Waals surface area contributed by atoms with E-state index >= 15 is 0 Å². The van der Waals surface area contributed by atoms with Gasteiger partial charge in [-0.15, -0.1) is 0 Å². The van der Waals surface area contributed by atoms with Gasteiger partial charge in [-0.1, -0.05) is 0 Å². The van der Waals surface area contributed by atoms with Gasteiger partial charge in [0.15, 0.2) is 6.61 Å². The Morgan fingerprint density at radius 2 is 2.41 bits per heavy atom. The highest BCUT2D eigenvalue weighted by Crippen LogP contribution is 2.22. The molecule has 0 aliphatic carbocycles. The Labute approximate surface area is 96.4 Å². The Balaban J connectivity index is 2.57. The molecule has 17 heavy (non-hydrogen) atoms. The number of rotatable bonds is 6. The summed E-state index contributed by atoms with van der Waals surface area (Å²) in [6, 6.07) is 2.82. The van der Waals surface area contributed by atoms with Crippen molar-refractivity contribution in [2.24, 2.45) is 0 Å². The van der Waals surface area contributed by atoms with Gasteiger partial charge in [-0.25, -0.2) is 0 Å². The molecule has 0 unspecified atom stereocenters. The summed E-state index contributed by atoms with van der Waals surface area (Å²) in [7, 11) is 0. The number of nitro groups is 1. The van der Waals surface area contributed by atoms with E-state index in [9.17, 15) is 14.9 Å². The van der Waals surface area contributed by atoms with Gasteiger partial charge in [0.05, 0.1) is 6.61 Å². The van der Waals surface area contributed by atoms with E-state index in [0.29, 0.717) is 0 Å². The average molecular weight is 241 g/mol. The van der Waals surface area contributed by atoms with Crippen molar-refractivity contribution in [2.45, 2.75) is 0 Å². The third-order valence-electron chi connectivity index (χ3n) is 1.72. The molecule has 8 heteroatoms. The molecule has 1 amide bonds. The van der Waals surface area contributed by atoms with E-state index in [4.69, 9.17) is 9.84 Å². The highest BCUT2D eigenvalue weighted by atomic mass is 16.6. The maximum absolute atomic E-state index is 11.1. The molecule has 0 aliphatic rings. The summed E-state index contributed by atoms with van der Waals surface area (Å²) in [4.78, 5) is 24.5. The molecule has 1 rings (SSSR count). The molecule has 0 atom stereocenters. The minimum absolute atomic E-state index is 0.0725. The van der Waals surface area contributed by atoms with Crippen LogP contribution in [0.3, 0.4) is 0 Å². The van der Waals surface area contributed by atoms with Crippen LogP contribution < -0.4 is 10.1 Å². The lowest BCUT2D eigenvalue weighted by Gasteiger charge is -2.06. The highest BCUT2D eigenvalue weighted by molar-refractivity contribution is 5.77. The van der Waals surface area contributed by atoms with E-state index in [1.807, 2.05) is 0 Å². The standard InChI is InChI=1S/C9H11N3O5/c13-5-4-10-8(14)6-17-7-2-1-3-11-9(7)12(15)16/h1-3,13H,4-6H2,(H,10,14). The van der Waals surface area contributed by atoms with E-state index in [-0.39, 0.29) is 25.5 Å². The number of nitrogens with zero attached hydrogens (tertiary/aromatic N) is 2. The average Bonchev–Trinajstić information content (AvgIpc) is 2.34. The second-order valence-corrected chi connectivity index (χ2v) is 2.94. The first-order chi connectivity index (χ1) is 8.15. The predicted molar refractivity (Wildman–Crippen MR) is 56.5 cm³/mol. The molecule has 0 saturated heterocycles. The Morgan fingerprint density at radius 3 is 3.06 bits per heavy atom. The monoisotopic (exact) mass is 241 g/mol. The van der Waals surface area contributed by atoms with Crippen LogP contribution in [-0.2, 0) is 4.79 Å². The molecule has 0 aromatic carbocycles. The highest BCUT2D eigenvalue weighted by Gasteiger charge is 2.16. The van der Waals surface area contributed by atoms with Crippen LogP contribution in [0.25, 0.3) is 0 Å². The summed E-state index contributed by atoms with van der Waals surface area (Å²) >= 11 is 0. The van der Waals surface area contributed by atoms with Crippen LogP contribution in [0.1, 0.15) is 0 Å². The smallest absolute Gasteiger partial charge is 0.406 e. The van der Waals surface area contributed by atoms with Crippen LogP contribution in [0.15, 0.2) is 18.3 Å². The molecule has 0 bridgehead atoms. The summed E-state index contributed by atoms with van der Waals surface area (Å²) < 4.78 is 4.96. The van der Waals surface area contributed by atoms with Gasteiger partial charge < -0.3 is 25.3 Å². The van der Waals surface area contributed by atoms with Crippen molar-refractivity contribution >= 4 is 11.7 Å². The lowest BCUT2D eigenvalue weighted by molar-refractivity contribution is -0.390. The molecule has 0 saturated carbocycles. The number of hydrogen-bond acceptors (Lipinski definition) is 6. The van der Waals surface area contributed by atoms with E-state index in [2.05, 4.69) is 10.3 Å². The van der Waals surface area contributed by atoms with Gasteiger partial charge in [-0.2, -0.15) is 0 Å². The molecule has 1 heterocycles. The summed E-state index contributed by atoms with van der Waals surface area (Å²) in [5.41, 5.74) is 0. The summed E-state index contributed by atoms with van der Waals surface area (Å²) in [5, 5.41) is 21.4. The number of nitrogens with one attached hydrogen (secondary N) is 1. The normalized spacial score (nSPS) is 9.71. The number of aromatic nitrogens is 1. The Kier molecular flexibility index (Phi) is 4.82. The predicted octanol–water partition coefficient (Wildman–Crippen LogP) is -0.523. The molecule has 1 aromatic rings. The summed E-state index contributed by atoms with van der Waals surface area (Å²) in [6.07, 6.45) is 1.26. The maximum atomic E-state index is 11.1. The molecular weight excluding hydrogens is 230 g/mol. The van der Waals surface area contributed by atoms with Crippen LogP contribution in [0.5, 0.6) is 5.75 Å². The second kappa shape index (κ2) is 6.38. The number of carbonyl (C=O) groups is 1. The molecular formula is C9H11N3O5. The SMILES string of the molecule is O=C(COc1cccnc1[N+](=O)[O-])NCCO. The van der Waals surface area contributed by atoms with E-state index in [1.165, 1.54) is 18.3 Å². The van der Waals surface area contributed by atoms with Gasteiger partial charge in [-0.3, -0.25) is 4.79 Å². The molecule has 1 aromatic heterocycles. The van der Waals surface area contributed by atoms with Gasteiger partial charge in [0.2, 0.25) is 5.75 Å². The first kappa shape index (κ1) is 12.8. The minimum Gasteiger partial charge on any atom is -0.476 e. The van der Waals surface area contributed by atoms with Crippen molar-refractivity contribution in [3.8, 4) is 5.75 Å². The zero-order valence-corrected chi connectivity index (χ0v) is 8.83. The number of carbonyl (C=O) groups excluding carboxylic acids is 1. The van der Waals surface area contributed by atoms with Gasteiger partial charge in [0.1, 0.15) is 6.20 Å². The number of pyridine rings is 1. The Bertz CT molecular complexity index is 409. The van der Waals surface area contributed by atoms with Crippen molar-refractivity contribution in [3.05, 3.63) is 28.4 Å². The van der Waals surface area contributed by atoms with E-state index in [0.717, 1.165) is 0 Å². The van der Waals surface area contributed by atoms with Crippen molar-refractivity contribution < 1.29 is 19.6 Å². The van der Waals surface area contributed by atoms with E-state index in [1.54, 1.807) is 0 Å². The topological polar surface area (TPSA) is 115 Å². The van der Waals surface area contributed by atoms with Crippen molar-refractivity contribution in [1.82, 2.24) is 10.3 Å². The zero-order valence-electron chi connectivity index (χ0n) is 8.83. The maximum Gasteiger partial charge on any atom is 0.406 e. The van der Waals surface area contributed by atoms with Crippen LogP contribution in [0.4, 0.5) is 5.82 Å². The third-order valence-corrected chi connectivity index (χ3v) is 1.72. The molecule has 0 aliphatic heterocycles. The number of ether oxygens (including phenoxy) is 1. The number of hydrogen-bond donors (Lipinski definition) is 2. The third kappa shape index (κ3) is 4.03. The number of aliphatic hydroxyl groups excluding tert-OH is 1. The molecule has 2 N–H and O–H groups in total. The van der Waals surface area contributed by atoms with Crippen molar-refractivity contribution in [1.29, 1.82) is 0 Å². The fourth-order valence-corrected chi connectivity index (χ4v) is 1.02. The Hall–Kier alpha value is -2.22. The van der Waals surface area contributed by atoms with Crippen LogP contribution in [0, 0.1) is 10.1 Å². The molecule has 0 fully saturated rings. The van der Waals surface area contributed by atoms with Crippen molar-refractivity contribution in [3.63, 3.8) is 0 Å². The molecule has 0 radical (unpaired) electrons. The lowest BCUT2D eigenvalue weighted by atomic mass is 10.4. The van der Waals surface area contributed by atoms with Crippen LogP contribution in [0.2, 0.25) is 0 Å². The molecule has 0 spiro atoms. The summed E-state index contributed by atoms with van der Waals surface area (Å²) in [6.45, 7) is -0.442. The largest absolute Gasteiger partial charge is 0.476 e. The number of aliphatic hydroxyl groups is 1. The zero-order chi connectivity index (χ0) is 12.7. The molecule has 92 valence electrons. The quantitative estimate of drug-likeness (QED) is 0.511. The molecule has 8 nitrogen and oxygen atoms in total. The van der Waals surface area contributed by atoms with Gasteiger partial charge in [0, 0.05) is 6.54 Å². The fourth-order valence-electron chi connectivity index (χ4n) is 1.02. The minimum atomic E-state index is -0.693. The van der Waals surface area contributed by atoms with Gasteiger partial charge in [0.25, 0.3) is 5.91 Å². The number of amides is 1. The van der Waals surface area contributed by atoms with Gasteiger partial charge >= 0.3 is 5.82 Å². The lowest BCUT2D eigenvalue weighted by Crippen LogP contribution is -2.31.